The van der Waals surface area contributed by atoms with Crippen LogP contribution in [0.4, 0.5) is 10.1 Å². The monoisotopic (exact) mass is 336 g/mol. The Kier molecular flexibility index (Phi) is 4.54. The molecule has 1 saturated carbocycles. The molecule has 0 bridgehead atoms. The summed E-state index contributed by atoms with van der Waals surface area (Å²) in [7, 11) is -7.77. The number of rotatable bonds is 4. The molecule has 0 unspecified atom stereocenters. The van der Waals surface area contributed by atoms with Gasteiger partial charge in [0.15, 0.2) is 0 Å². The number of hydrogen-bond donors (Lipinski definition) is 2. The van der Waals surface area contributed by atoms with Gasteiger partial charge in [-0.1, -0.05) is 19.3 Å². The van der Waals surface area contributed by atoms with E-state index in [2.05, 4.69) is 4.72 Å². The molecule has 1 aromatic carbocycles. The summed E-state index contributed by atoms with van der Waals surface area (Å²) in [5, 5.41) is 4.38. The molecule has 1 aliphatic rings. The first-order valence-corrected chi connectivity index (χ1v) is 9.63. The Morgan fingerprint density at radius 3 is 2.29 bits per heavy atom. The van der Waals surface area contributed by atoms with Gasteiger partial charge in [0.25, 0.3) is 0 Å². The predicted molar refractivity (Wildman–Crippen MR) is 77.2 cm³/mol. The fourth-order valence-corrected chi connectivity index (χ4v) is 4.49. The van der Waals surface area contributed by atoms with Crippen LogP contribution >= 0.6 is 0 Å². The van der Waals surface area contributed by atoms with Crippen molar-refractivity contribution in [1.82, 2.24) is 0 Å². The van der Waals surface area contributed by atoms with Gasteiger partial charge in [-0.15, -0.1) is 0 Å². The van der Waals surface area contributed by atoms with Crippen LogP contribution in [0.15, 0.2) is 23.1 Å². The van der Waals surface area contributed by atoms with Gasteiger partial charge in [0.2, 0.25) is 20.0 Å². The van der Waals surface area contributed by atoms with Crippen molar-refractivity contribution in [3.63, 3.8) is 0 Å². The summed E-state index contributed by atoms with van der Waals surface area (Å²) in [6.07, 6.45) is 3.65. The number of sulfonamides is 2. The summed E-state index contributed by atoms with van der Waals surface area (Å²) in [5.41, 5.74) is -0.396. The molecule has 0 amide bonds. The molecule has 0 saturated heterocycles. The summed E-state index contributed by atoms with van der Waals surface area (Å²) >= 11 is 0. The lowest BCUT2D eigenvalue weighted by molar-refractivity contribution is 0.486. The quantitative estimate of drug-likeness (QED) is 0.870. The third-order valence-electron chi connectivity index (χ3n) is 3.51. The van der Waals surface area contributed by atoms with E-state index in [-0.39, 0.29) is 4.90 Å². The van der Waals surface area contributed by atoms with Crippen molar-refractivity contribution in [2.24, 2.45) is 5.14 Å². The van der Waals surface area contributed by atoms with E-state index in [1.807, 2.05) is 0 Å². The van der Waals surface area contributed by atoms with Crippen molar-refractivity contribution in [3.05, 3.63) is 24.0 Å². The first-order chi connectivity index (χ1) is 9.70. The number of benzene rings is 1. The SMILES string of the molecule is NS(=O)(=O)c1ccc(F)c(NS(=O)(=O)C2CCCCC2)c1. The third kappa shape index (κ3) is 3.92. The van der Waals surface area contributed by atoms with E-state index in [4.69, 9.17) is 5.14 Å². The molecule has 1 fully saturated rings. The highest BCUT2D eigenvalue weighted by atomic mass is 32.2. The maximum Gasteiger partial charge on any atom is 0.238 e. The van der Waals surface area contributed by atoms with Crippen molar-refractivity contribution >= 4 is 25.7 Å². The van der Waals surface area contributed by atoms with Crippen LogP contribution in [0.1, 0.15) is 32.1 Å². The van der Waals surface area contributed by atoms with E-state index in [1.54, 1.807) is 0 Å². The van der Waals surface area contributed by atoms with Crippen LogP contribution < -0.4 is 9.86 Å². The summed E-state index contributed by atoms with van der Waals surface area (Å²) in [6.45, 7) is 0. The number of nitrogens with one attached hydrogen (secondary N) is 1. The fraction of sp³-hybridized carbons (Fsp3) is 0.500. The van der Waals surface area contributed by atoms with Crippen LogP contribution in [0.25, 0.3) is 0 Å². The molecule has 1 aromatic rings. The van der Waals surface area contributed by atoms with Crippen molar-refractivity contribution in [2.75, 3.05) is 4.72 Å². The van der Waals surface area contributed by atoms with Gasteiger partial charge in [0.1, 0.15) is 5.82 Å². The van der Waals surface area contributed by atoms with Gasteiger partial charge in [0.05, 0.1) is 15.8 Å². The second-order valence-corrected chi connectivity index (χ2v) is 8.62. The van der Waals surface area contributed by atoms with E-state index in [1.165, 1.54) is 0 Å². The Morgan fingerprint density at radius 2 is 1.71 bits per heavy atom. The Balaban J connectivity index is 2.30. The smallest absolute Gasteiger partial charge is 0.238 e. The van der Waals surface area contributed by atoms with Gasteiger partial charge >= 0.3 is 0 Å². The zero-order valence-corrected chi connectivity index (χ0v) is 12.9. The standard InChI is InChI=1S/C12H17FN2O4S2/c13-11-7-6-10(20(14,16)17)8-12(11)15-21(18,19)9-4-2-1-3-5-9/h6-9,15H,1-5H2,(H2,14,16,17). The molecule has 0 atom stereocenters. The van der Waals surface area contributed by atoms with E-state index in [0.717, 1.165) is 37.5 Å². The van der Waals surface area contributed by atoms with Crippen LogP contribution in [0, 0.1) is 5.82 Å². The molecule has 0 heterocycles. The summed E-state index contributed by atoms with van der Waals surface area (Å²) < 4.78 is 62.7. The highest BCUT2D eigenvalue weighted by molar-refractivity contribution is 7.93. The highest BCUT2D eigenvalue weighted by Crippen LogP contribution is 2.27. The Hall–Kier alpha value is -1.19. The zero-order valence-electron chi connectivity index (χ0n) is 11.2. The summed E-state index contributed by atoms with van der Waals surface area (Å²) in [5.74, 6) is -0.846. The molecule has 6 nitrogen and oxygen atoms in total. The largest absolute Gasteiger partial charge is 0.280 e. The molecule has 3 N–H and O–H groups in total. The molecule has 118 valence electrons. The molecule has 0 radical (unpaired) electrons. The number of halogens is 1. The van der Waals surface area contributed by atoms with Gasteiger partial charge in [0, 0.05) is 0 Å². The van der Waals surface area contributed by atoms with Crippen LogP contribution in [0.5, 0.6) is 0 Å². The minimum atomic E-state index is -4.02. The van der Waals surface area contributed by atoms with Crippen LogP contribution in [-0.2, 0) is 20.0 Å². The average molecular weight is 336 g/mol. The van der Waals surface area contributed by atoms with Crippen molar-refractivity contribution < 1.29 is 21.2 Å². The molecule has 0 aliphatic heterocycles. The van der Waals surface area contributed by atoms with Gasteiger partial charge in [-0.3, -0.25) is 4.72 Å². The average Bonchev–Trinajstić information content (AvgIpc) is 2.41. The first kappa shape index (κ1) is 16.2. The molecule has 0 spiro atoms. The van der Waals surface area contributed by atoms with Gasteiger partial charge in [-0.05, 0) is 31.0 Å². The molecular formula is C12H17FN2O4S2. The van der Waals surface area contributed by atoms with Crippen LogP contribution in [-0.4, -0.2) is 22.1 Å². The maximum atomic E-state index is 13.7. The number of nitrogens with two attached hydrogens (primary N) is 1. The van der Waals surface area contributed by atoms with Crippen molar-refractivity contribution in [2.45, 2.75) is 42.2 Å². The number of hydrogen-bond acceptors (Lipinski definition) is 4. The minimum absolute atomic E-state index is 0.342. The molecule has 0 aromatic heterocycles. The fourth-order valence-electron chi connectivity index (χ4n) is 2.37. The topological polar surface area (TPSA) is 106 Å². The Morgan fingerprint density at radius 1 is 1.10 bits per heavy atom. The van der Waals surface area contributed by atoms with E-state index in [0.29, 0.717) is 12.8 Å². The van der Waals surface area contributed by atoms with Crippen molar-refractivity contribution in [3.8, 4) is 0 Å². The lowest BCUT2D eigenvalue weighted by atomic mass is 10.0. The summed E-state index contributed by atoms with van der Waals surface area (Å²) in [6, 6.07) is 2.76. The molecule has 21 heavy (non-hydrogen) atoms. The second-order valence-electron chi connectivity index (χ2n) is 5.09. The van der Waals surface area contributed by atoms with Crippen LogP contribution in [0.2, 0.25) is 0 Å². The van der Waals surface area contributed by atoms with E-state index >= 15 is 0 Å². The van der Waals surface area contributed by atoms with E-state index < -0.39 is 36.8 Å². The molecular weight excluding hydrogens is 319 g/mol. The zero-order chi connectivity index (χ0) is 15.7. The molecule has 2 rings (SSSR count). The second kappa shape index (κ2) is 5.90. The maximum absolute atomic E-state index is 13.7. The van der Waals surface area contributed by atoms with Gasteiger partial charge in [-0.2, -0.15) is 0 Å². The van der Waals surface area contributed by atoms with Gasteiger partial charge in [-0.25, -0.2) is 26.4 Å². The normalized spacial score (nSPS) is 17.6. The number of primary sulfonamides is 1. The molecule has 1 aliphatic carbocycles. The molecule has 9 heteroatoms. The number of anilines is 1. The van der Waals surface area contributed by atoms with E-state index in [9.17, 15) is 21.2 Å². The minimum Gasteiger partial charge on any atom is -0.280 e. The lowest BCUT2D eigenvalue weighted by Gasteiger charge is -2.22. The summed E-state index contributed by atoms with van der Waals surface area (Å²) in [4.78, 5) is -0.342. The third-order valence-corrected chi connectivity index (χ3v) is 6.27. The Labute approximate surface area is 123 Å². The highest BCUT2D eigenvalue weighted by Gasteiger charge is 2.28. The Bertz CT molecular complexity index is 726. The lowest BCUT2D eigenvalue weighted by Crippen LogP contribution is -2.30. The predicted octanol–water partition coefficient (Wildman–Crippen LogP) is 1.55. The van der Waals surface area contributed by atoms with Crippen LogP contribution in [0.3, 0.4) is 0 Å². The first-order valence-electron chi connectivity index (χ1n) is 6.54. The van der Waals surface area contributed by atoms with Crippen molar-refractivity contribution in [1.29, 1.82) is 0 Å². The van der Waals surface area contributed by atoms with Gasteiger partial charge < -0.3 is 0 Å².